The number of esters is 1. The predicted octanol–water partition coefficient (Wildman–Crippen LogP) is 3.93. The van der Waals surface area contributed by atoms with Crippen LogP contribution in [0, 0.1) is 18.3 Å². The highest BCUT2D eigenvalue weighted by atomic mass is 16.5. The Kier molecular flexibility index (Phi) is 8.17. The SMILES string of the molecule is Cc1ccc(/C=C(\C#N)C(=O)OCC(=O)NCCc2ccc(C(C)C)cc2)cc1. The highest BCUT2D eigenvalue weighted by Gasteiger charge is 2.13. The van der Waals surface area contributed by atoms with Gasteiger partial charge in [0, 0.05) is 6.54 Å². The van der Waals surface area contributed by atoms with Gasteiger partial charge in [0.2, 0.25) is 0 Å². The van der Waals surface area contributed by atoms with E-state index in [1.54, 1.807) is 12.1 Å². The summed E-state index contributed by atoms with van der Waals surface area (Å²) in [6.07, 6.45) is 2.13. The molecule has 0 radical (unpaired) electrons. The molecule has 0 unspecified atom stereocenters. The lowest BCUT2D eigenvalue weighted by molar-refractivity contribution is -0.144. The number of amides is 1. The maximum Gasteiger partial charge on any atom is 0.349 e. The van der Waals surface area contributed by atoms with Crippen molar-refractivity contribution < 1.29 is 14.3 Å². The fourth-order valence-electron chi connectivity index (χ4n) is 2.64. The van der Waals surface area contributed by atoms with Crippen molar-refractivity contribution in [1.29, 1.82) is 5.26 Å². The molecule has 1 N–H and O–H groups in total. The lowest BCUT2D eigenvalue weighted by Crippen LogP contribution is -2.30. The van der Waals surface area contributed by atoms with E-state index in [9.17, 15) is 14.9 Å². The van der Waals surface area contributed by atoms with Crippen molar-refractivity contribution in [3.8, 4) is 6.07 Å². The van der Waals surface area contributed by atoms with E-state index in [4.69, 9.17) is 4.74 Å². The van der Waals surface area contributed by atoms with E-state index in [1.807, 2.05) is 25.1 Å². The molecule has 0 saturated heterocycles. The Labute approximate surface area is 172 Å². The largest absolute Gasteiger partial charge is 0.451 e. The van der Waals surface area contributed by atoms with Gasteiger partial charge in [-0.05, 0) is 42.0 Å². The number of hydrogen-bond acceptors (Lipinski definition) is 4. The number of nitrogens with zero attached hydrogens (tertiary/aromatic N) is 1. The summed E-state index contributed by atoms with van der Waals surface area (Å²) in [5, 5.41) is 11.9. The van der Waals surface area contributed by atoms with Gasteiger partial charge in [0.15, 0.2) is 6.61 Å². The number of aryl methyl sites for hydroxylation is 1. The van der Waals surface area contributed by atoms with Crippen molar-refractivity contribution in [1.82, 2.24) is 5.32 Å². The molecule has 0 aliphatic rings. The molecule has 5 nitrogen and oxygen atoms in total. The number of ether oxygens (including phenoxy) is 1. The zero-order valence-electron chi connectivity index (χ0n) is 17.1. The summed E-state index contributed by atoms with van der Waals surface area (Å²) >= 11 is 0. The molecular formula is C24H26N2O3. The van der Waals surface area contributed by atoms with Gasteiger partial charge in [-0.3, -0.25) is 4.79 Å². The van der Waals surface area contributed by atoms with Crippen LogP contribution in [0.3, 0.4) is 0 Å². The van der Waals surface area contributed by atoms with E-state index in [2.05, 4.69) is 43.4 Å². The number of nitriles is 1. The second-order valence-electron chi connectivity index (χ2n) is 7.15. The van der Waals surface area contributed by atoms with Gasteiger partial charge in [0.05, 0.1) is 0 Å². The fourth-order valence-corrected chi connectivity index (χ4v) is 2.64. The van der Waals surface area contributed by atoms with E-state index in [0.29, 0.717) is 18.9 Å². The number of carbonyl (C=O) groups excluding carboxylic acids is 2. The van der Waals surface area contributed by atoms with Crippen molar-refractivity contribution in [3.63, 3.8) is 0 Å². The summed E-state index contributed by atoms with van der Waals surface area (Å²) in [4.78, 5) is 23.9. The molecule has 5 heteroatoms. The van der Waals surface area contributed by atoms with Crippen molar-refractivity contribution in [2.45, 2.75) is 33.1 Å². The summed E-state index contributed by atoms with van der Waals surface area (Å²) in [5.41, 5.74) is 4.05. The number of hydrogen-bond donors (Lipinski definition) is 1. The van der Waals surface area contributed by atoms with Crippen LogP contribution in [0.1, 0.15) is 42.0 Å². The third-order valence-corrected chi connectivity index (χ3v) is 4.45. The number of rotatable bonds is 8. The zero-order valence-corrected chi connectivity index (χ0v) is 17.1. The number of nitrogens with one attached hydrogen (secondary N) is 1. The van der Waals surface area contributed by atoms with Crippen molar-refractivity contribution in [2.75, 3.05) is 13.2 Å². The Morgan fingerprint density at radius 2 is 1.76 bits per heavy atom. The molecule has 0 aliphatic heterocycles. The molecule has 0 fully saturated rings. The van der Waals surface area contributed by atoms with Crippen LogP contribution in [0.2, 0.25) is 0 Å². The molecular weight excluding hydrogens is 364 g/mol. The lowest BCUT2D eigenvalue weighted by atomic mass is 10.0. The Hall–Kier alpha value is -3.39. The maximum absolute atomic E-state index is 12.0. The second-order valence-corrected chi connectivity index (χ2v) is 7.15. The lowest BCUT2D eigenvalue weighted by Gasteiger charge is -2.08. The minimum absolute atomic E-state index is 0.146. The van der Waals surface area contributed by atoms with Gasteiger partial charge in [-0.1, -0.05) is 67.9 Å². The van der Waals surface area contributed by atoms with Crippen LogP contribution in [0.25, 0.3) is 6.08 Å². The Morgan fingerprint density at radius 1 is 1.10 bits per heavy atom. The normalized spacial score (nSPS) is 11.1. The van der Waals surface area contributed by atoms with Gasteiger partial charge in [-0.15, -0.1) is 0 Å². The molecule has 2 aromatic rings. The molecule has 1 amide bonds. The number of benzene rings is 2. The van der Waals surface area contributed by atoms with E-state index in [-0.39, 0.29) is 5.57 Å². The first-order chi connectivity index (χ1) is 13.9. The monoisotopic (exact) mass is 390 g/mol. The summed E-state index contributed by atoms with van der Waals surface area (Å²) < 4.78 is 4.96. The highest BCUT2D eigenvalue weighted by molar-refractivity contribution is 5.98. The fraction of sp³-hybridized carbons (Fsp3) is 0.292. The molecule has 29 heavy (non-hydrogen) atoms. The molecule has 0 saturated carbocycles. The molecule has 0 bridgehead atoms. The third kappa shape index (κ3) is 7.27. The highest BCUT2D eigenvalue weighted by Crippen LogP contribution is 2.14. The standard InChI is InChI=1S/C24H26N2O3/c1-17(2)21-10-8-19(9-11-21)12-13-26-23(27)16-29-24(28)22(15-25)14-20-6-4-18(3)5-7-20/h4-11,14,17H,12-13,16H2,1-3H3,(H,26,27)/b22-14+. The van der Waals surface area contributed by atoms with Gasteiger partial charge in [-0.25, -0.2) is 4.79 Å². The average Bonchev–Trinajstić information content (AvgIpc) is 2.72. The van der Waals surface area contributed by atoms with Crippen LogP contribution in [0.4, 0.5) is 0 Å². The first kappa shape index (κ1) is 21.9. The molecule has 0 atom stereocenters. The van der Waals surface area contributed by atoms with Crippen LogP contribution in [0.5, 0.6) is 0 Å². The van der Waals surface area contributed by atoms with Crippen LogP contribution in [0.15, 0.2) is 54.1 Å². The van der Waals surface area contributed by atoms with Gasteiger partial charge >= 0.3 is 5.97 Å². The van der Waals surface area contributed by atoms with Gasteiger partial charge in [0.1, 0.15) is 11.6 Å². The number of carbonyl (C=O) groups is 2. The molecule has 0 heterocycles. The third-order valence-electron chi connectivity index (χ3n) is 4.45. The summed E-state index contributed by atoms with van der Waals surface area (Å²) in [6.45, 7) is 6.26. The molecule has 0 aliphatic carbocycles. The Balaban J connectivity index is 1.78. The minimum atomic E-state index is -0.813. The Morgan fingerprint density at radius 3 is 2.34 bits per heavy atom. The van der Waals surface area contributed by atoms with Gasteiger partial charge in [-0.2, -0.15) is 5.26 Å². The van der Waals surface area contributed by atoms with Gasteiger partial charge in [0.25, 0.3) is 5.91 Å². The van der Waals surface area contributed by atoms with E-state index >= 15 is 0 Å². The maximum atomic E-state index is 12.0. The molecule has 150 valence electrons. The first-order valence-electron chi connectivity index (χ1n) is 9.60. The predicted molar refractivity (Wildman–Crippen MR) is 113 cm³/mol. The van der Waals surface area contributed by atoms with Crippen molar-refractivity contribution in [3.05, 3.63) is 76.4 Å². The van der Waals surface area contributed by atoms with Crippen molar-refractivity contribution >= 4 is 18.0 Å². The summed E-state index contributed by atoms with van der Waals surface area (Å²) in [5.74, 6) is -0.728. The van der Waals surface area contributed by atoms with Crippen LogP contribution in [-0.2, 0) is 20.7 Å². The molecule has 2 aromatic carbocycles. The Bertz CT molecular complexity index is 905. The molecule has 2 rings (SSSR count). The van der Waals surface area contributed by atoms with E-state index < -0.39 is 18.5 Å². The van der Waals surface area contributed by atoms with Crippen LogP contribution in [-0.4, -0.2) is 25.0 Å². The minimum Gasteiger partial charge on any atom is -0.451 e. The van der Waals surface area contributed by atoms with E-state index in [1.165, 1.54) is 11.6 Å². The van der Waals surface area contributed by atoms with Gasteiger partial charge < -0.3 is 10.1 Å². The first-order valence-corrected chi connectivity index (χ1v) is 9.60. The van der Waals surface area contributed by atoms with Crippen LogP contribution >= 0.6 is 0 Å². The quantitative estimate of drug-likeness (QED) is 0.421. The topological polar surface area (TPSA) is 79.2 Å². The van der Waals surface area contributed by atoms with Crippen molar-refractivity contribution in [2.24, 2.45) is 0 Å². The molecule has 0 spiro atoms. The molecule has 0 aromatic heterocycles. The summed E-state index contributed by atoms with van der Waals surface area (Å²) in [7, 11) is 0. The second kappa shape index (κ2) is 10.8. The van der Waals surface area contributed by atoms with E-state index in [0.717, 1.165) is 16.7 Å². The average molecular weight is 390 g/mol. The van der Waals surface area contributed by atoms with Crippen LogP contribution < -0.4 is 5.32 Å². The smallest absolute Gasteiger partial charge is 0.349 e. The zero-order chi connectivity index (χ0) is 21.2. The summed E-state index contributed by atoms with van der Waals surface area (Å²) in [6, 6.07) is 17.5.